The predicted molar refractivity (Wildman–Crippen MR) is 52.9 cm³/mol. The van der Waals surface area contributed by atoms with Gasteiger partial charge in [0.2, 0.25) is 0 Å². The molecular formula is C10H17NO. The third kappa shape index (κ3) is 7.25. The van der Waals surface area contributed by atoms with Crippen LogP contribution in [-0.2, 0) is 4.74 Å². The summed E-state index contributed by atoms with van der Waals surface area (Å²) in [7, 11) is 0. The van der Waals surface area contributed by atoms with Crippen LogP contribution in [0, 0.1) is 0 Å². The van der Waals surface area contributed by atoms with Crippen LogP contribution >= 0.6 is 0 Å². The lowest BCUT2D eigenvalue weighted by molar-refractivity contribution is 0.147. The molecule has 0 amide bonds. The standard InChI is InChI=1S/C10H17NO/c1-4-5-6-9(2)7-12-8-10(3)11/h4-6,10H,1-2,7-8,11H2,3H3/b6-5-. The van der Waals surface area contributed by atoms with Crippen molar-refractivity contribution in [1.29, 1.82) is 0 Å². The second-order valence-corrected chi connectivity index (χ2v) is 2.75. The van der Waals surface area contributed by atoms with Crippen LogP contribution in [-0.4, -0.2) is 19.3 Å². The Hall–Kier alpha value is -0.860. The summed E-state index contributed by atoms with van der Waals surface area (Å²) in [4.78, 5) is 0. The molecule has 0 aromatic rings. The lowest BCUT2D eigenvalue weighted by Gasteiger charge is -2.05. The molecule has 0 saturated carbocycles. The van der Waals surface area contributed by atoms with E-state index in [-0.39, 0.29) is 6.04 Å². The molecule has 0 bridgehead atoms. The van der Waals surface area contributed by atoms with Gasteiger partial charge in [0, 0.05) is 6.04 Å². The van der Waals surface area contributed by atoms with Gasteiger partial charge in [-0.3, -0.25) is 0 Å². The summed E-state index contributed by atoms with van der Waals surface area (Å²) >= 11 is 0. The molecule has 0 radical (unpaired) electrons. The zero-order valence-electron chi connectivity index (χ0n) is 7.62. The monoisotopic (exact) mass is 167 g/mol. The van der Waals surface area contributed by atoms with Gasteiger partial charge in [0.25, 0.3) is 0 Å². The van der Waals surface area contributed by atoms with Crippen molar-refractivity contribution in [1.82, 2.24) is 0 Å². The van der Waals surface area contributed by atoms with Gasteiger partial charge in [0.05, 0.1) is 13.2 Å². The molecular weight excluding hydrogens is 150 g/mol. The minimum Gasteiger partial charge on any atom is -0.375 e. The van der Waals surface area contributed by atoms with Crippen molar-refractivity contribution < 1.29 is 4.74 Å². The third-order valence-corrected chi connectivity index (χ3v) is 1.14. The van der Waals surface area contributed by atoms with E-state index in [0.717, 1.165) is 5.57 Å². The maximum Gasteiger partial charge on any atom is 0.0711 e. The summed E-state index contributed by atoms with van der Waals surface area (Å²) in [6.07, 6.45) is 5.41. The molecule has 68 valence electrons. The van der Waals surface area contributed by atoms with Crippen molar-refractivity contribution in [2.45, 2.75) is 13.0 Å². The molecule has 1 atom stereocenters. The highest BCUT2D eigenvalue weighted by molar-refractivity contribution is 5.18. The van der Waals surface area contributed by atoms with Crippen LogP contribution in [0.3, 0.4) is 0 Å². The lowest BCUT2D eigenvalue weighted by atomic mass is 10.3. The van der Waals surface area contributed by atoms with Crippen molar-refractivity contribution in [2.24, 2.45) is 5.73 Å². The number of ether oxygens (including phenoxy) is 1. The highest BCUT2D eigenvalue weighted by Crippen LogP contribution is 1.94. The highest BCUT2D eigenvalue weighted by Gasteiger charge is 1.93. The van der Waals surface area contributed by atoms with Gasteiger partial charge in [-0.25, -0.2) is 0 Å². The van der Waals surface area contributed by atoms with Gasteiger partial charge in [-0.15, -0.1) is 0 Å². The minimum absolute atomic E-state index is 0.0844. The quantitative estimate of drug-likeness (QED) is 0.610. The summed E-state index contributed by atoms with van der Waals surface area (Å²) in [5, 5.41) is 0. The van der Waals surface area contributed by atoms with E-state index in [9.17, 15) is 0 Å². The van der Waals surface area contributed by atoms with E-state index < -0.39 is 0 Å². The van der Waals surface area contributed by atoms with Gasteiger partial charge >= 0.3 is 0 Å². The van der Waals surface area contributed by atoms with Crippen LogP contribution in [0.5, 0.6) is 0 Å². The Morgan fingerprint density at radius 3 is 2.83 bits per heavy atom. The Kier molecular flexibility index (Phi) is 6.34. The first-order chi connectivity index (χ1) is 5.66. The Bertz CT molecular complexity index is 171. The second kappa shape index (κ2) is 6.83. The summed E-state index contributed by atoms with van der Waals surface area (Å²) in [5.41, 5.74) is 6.42. The van der Waals surface area contributed by atoms with Crippen molar-refractivity contribution >= 4 is 0 Å². The molecule has 12 heavy (non-hydrogen) atoms. The maximum atomic E-state index is 5.49. The number of hydrogen-bond acceptors (Lipinski definition) is 2. The van der Waals surface area contributed by atoms with Crippen LogP contribution < -0.4 is 5.73 Å². The SMILES string of the molecule is C=C/C=C\C(=C)COCC(C)N. The average molecular weight is 167 g/mol. The Labute approximate surface area is 74.4 Å². The second-order valence-electron chi connectivity index (χ2n) is 2.75. The van der Waals surface area contributed by atoms with Gasteiger partial charge in [-0.2, -0.15) is 0 Å². The van der Waals surface area contributed by atoms with E-state index in [1.165, 1.54) is 0 Å². The average Bonchev–Trinajstić information content (AvgIpc) is 2.00. The van der Waals surface area contributed by atoms with Crippen molar-refractivity contribution in [3.8, 4) is 0 Å². The molecule has 0 fully saturated rings. The van der Waals surface area contributed by atoms with Gasteiger partial charge in [0.1, 0.15) is 0 Å². The number of hydrogen-bond donors (Lipinski definition) is 1. The molecule has 1 unspecified atom stereocenters. The summed E-state index contributed by atoms with van der Waals surface area (Å²) in [6.45, 7) is 10.4. The van der Waals surface area contributed by atoms with Crippen molar-refractivity contribution in [3.05, 3.63) is 37.0 Å². The topological polar surface area (TPSA) is 35.2 Å². The van der Waals surface area contributed by atoms with E-state index in [1.54, 1.807) is 6.08 Å². The molecule has 0 aliphatic carbocycles. The molecule has 2 N–H and O–H groups in total. The molecule has 0 aliphatic heterocycles. The predicted octanol–water partition coefficient (Wildman–Crippen LogP) is 1.65. The van der Waals surface area contributed by atoms with Gasteiger partial charge in [-0.1, -0.05) is 31.4 Å². The number of rotatable bonds is 6. The van der Waals surface area contributed by atoms with Gasteiger partial charge in [0.15, 0.2) is 0 Å². The van der Waals surface area contributed by atoms with Gasteiger partial charge in [-0.05, 0) is 12.5 Å². The smallest absolute Gasteiger partial charge is 0.0711 e. The number of allylic oxidation sites excluding steroid dienone is 2. The number of nitrogens with two attached hydrogens (primary N) is 1. The maximum absolute atomic E-state index is 5.49. The largest absolute Gasteiger partial charge is 0.375 e. The molecule has 2 heteroatoms. The third-order valence-electron chi connectivity index (χ3n) is 1.14. The van der Waals surface area contributed by atoms with Crippen LogP contribution in [0.2, 0.25) is 0 Å². The molecule has 0 aliphatic rings. The van der Waals surface area contributed by atoms with Gasteiger partial charge < -0.3 is 10.5 Å². The summed E-state index contributed by atoms with van der Waals surface area (Å²) in [6, 6.07) is 0.0844. The molecule has 0 heterocycles. The fourth-order valence-electron chi connectivity index (χ4n) is 0.628. The molecule has 0 aromatic carbocycles. The summed E-state index contributed by atoms with van der Waals surface area (Å²) in [5.74, 6) is 0. The molecule has 2 nitrogen and oxygen atoms in total. The first kappa shape index (κ1) is 11.1. The van der Waals surface area contributed by atoms with Crippen LogP contribution in [0.4, 0.5) is 0 Å². The van der Waals surface area contributed by atoms with Crippen molar-refractivity contribution in [2.75, 3.05) is 13.2 Å². The molecule has 0 spiro atoms. The zero-order valence-corrected chi connectivity index (χ0v) is 7.62. The summed E-state index contributed by atoms with van der Waals surface area (Å²) < 4.78 is 5.24. The van der Waals surface area contributed by atoms with Crippen LogP contribution in [0.15, 0.2) is 37.0 Å². The van der Waals surface area contributed by atoms with E-state index in [4.69, 9.17) is 10.5 Å². The van der Waals surface area contributed by atoms with Crippen LogP contribution in [0.1, 0.15) is 6.92 Å². The molecule has 0 aromatic heterocycles. The normalized spacial score (nSPS) is 13.2. The van der Waals surface area contributed by atoms with E-state index in [1.807, 2.05) is 19.1 Å². The first-order valence-corrected chi connectivity index (χ1v) is 3.97. The van der Waals surface area contributed by atoms with E-state index >= 15 is 0 Å². The molecule has 0 rings (SSSR count). The molecule has 0 saturated heterocycles. The fraction of sp³-hybridized carbons (Fsp3) is 0.400. The first-order valence-electron chi connectivity index (χ1n) is 3.97. The zero-order chi connectivity index (χ0) is 9.40. The Balaban J connectivity index is 3.44. The lowest BCUT2D eigenvalue weighted by Crippen LogP contribution is -2.22. The van der Waals surface area contributed by atoms with E-state index in [2.05, 4.69) is 13.2 Å². The van der Waals surface area contributed by atoms with E-state index in [0.29, 0.717) is 13.2 Å². The minimum atomic E-state index is 0.0844. The Morgan fingerprint density at radius 1 is 1.67 bits per heavy atom. The van der Waals surface area contributed by atoms with Crippen LogP contribution in [0.25, 0.3) is 0 Å². The van der Waals surface area contributed by atoms with Crippen molar-refractivity contribution in [3.63, 3.8) is 0 Å². The Morgan fingerprint density at radius 2 is 2.33 bits per heavy atom. The fourth-order valence-corrected chi connectivity index (χ4v) is 0.628. The highest BCUT2D eigenvalue weighted by atomic mass is 16.5.